The third-order valence-electron chi connectivity index (χ3n) is 3.52. The van der Waals surface area contributed by atoms with Crippen LogP contribution in [0.1, 0.15) is 17.3 Å². The highest BCUT2D eigenvalue weighted by atomic mass is 16.5. The van der Waals surface area contributed by atoms with Crippen LogP contribution in [-0.2, 0) is 0 Å². The van der Waals surface area contributed by atoms with Crippen LogP contribution in [-0.4, -0.2) is 23.5 Å². The van der Waals surface area contributed by atoms with Crippen molar-refractivity contribution in [1.29, 1.82) is 0 Å². The zero-order valence-corrected chi connectivity index (χ0v) is 13.8. The number of para-hydroxylation sites is 1. The molecule has 1 aromatic heterocycles. The number of amides is 1. The molecule has 25 heavy (non-hydrogen) atoms. The second-order valence-electron chi connectivity index (χ2n) is 5.23. The first-order chi connectivity index (χ1) is 12.2. The minimum atomic E-state index is -0.364. The van der Waals surface area contributed by atoms with Gasteiger partial charge >= 0.3 is 0 Å². The lowest BCUT2D eigenvalue weighted by Gasteiger charge is -2.11. The number of hydrogen-bond donors (Lipinski definition) is 2. The molecule has 0 aliphatic carbocycles. The van der Waals surface area contributed by atoms with Crippen LogP contribution in [0.25, 0.3) is 10.9 Å². The van der Waals surface area contributed by atoms with E-state index < -0.39 is 0 Å². The highest BCUT2D eigenvalue weighted by Gasteiger charge is 2.15. The van der Waals surface area contributed by atoms with Gasteiger partial charge in [-0.25, -0.2) is 4.99 Å². The topological polar surface area (TPSA) is 89.6 Å². The van der Waals surface area contributed by atoms with Crippen molar-refractivity contribution in [1.82, 2.24) is 10.3 Å². The molecule has 3 rings (SSSR count). The van der Waals surface area contributed by atoms with Crippen molar-refractivity contribution >= 4 is 28.5 Å². The Morgan fingerprint density at radius 3 is 2.72 bits per heavy atom. The molecule has 0 aliphatic heterocycles. The molecule has 0 atom stereocenters. The fourth-order valence-corrected chi connectivity index (χ4v) is 2.49. The van der Waals surface area contributed by atoms with Gasteiger partial charge in [-0.2, -0.15) is 0 Å². The number of aliphatic imine (C=N–C) groups is 1. The number of nitrogens with one attached hydrogen (secondary N) is 1. The first-order valence-corrected chi connectivity index (χ1v) is 7.90. The van der Waals surface area contributed by atoms with E-state index in [0.717, 1.165) is 0 Å². The van der Waals surface area contributed by atoms with Crippen LogP contribution in [0.4, 0.5) is 5.69 Å². The summed E-state index contributed by atoms with van der Waals surface area (Å²) in [6, 6.07) is 16.3. The normalized spacial score (nSPS) is 11.3. The lowest BCUT2D eigenvalue weighted by molar-refractivity contribution is 0.0978. The van der Waals surface area contributed by atoms with E-state index in [9.17, 15) is 4.79 Å². The maximum atomic E-state index is 12.7. The molecule has 6 heteroatoms. The van der Waals surface area contributed by atoms with Crippen molar-refractivity contribution in [2.24, 2.45) is 10.7 Å². The van der Waals surface area contributed by atoms with Crippen molar-refractivity contribution in [2.75, 3.05) is 6.61 Å². The van der Waals surface area contributed by atoms with E-state index >= 15 is 0 Å². The summed E-state index contributed by atoms with van der Waals surface area (Å²) in [7, 11) is 0. The van der Waals surface area contributed by atoms with Crippen LogP contribution in [0.3, 0.4) is 0 Å². The minimum absolute atomic E-state index is 0.0232. The van der Waals surface area contributed by atoms with Gasteiger partial charge in [0.2, 0.25) is 5.96 Å². The van der Waals surface area contributed by atoms with E-state index in [1.54, 1.807) is 24.4 Å². The highest BCUT2D eigenvalue weighted by Crippen LogP contribution is 2.27. The fourth-order valence-electron chi connectivity index (χ4n) is 2.49. The molecule has 3 aromatic rings. The molecule has 2 aromatic carbocycles. The van der Waals surface area contributed by atoms with Crippen LogP contribution in [0.5, 0.6) is 5.75 Å². The van der Waals surface area contributed by atoms with Crippen LogP contribution in [0.2, 0.25) is 0 Å². The Hall–Kier alpha value is -3.41. The lowest BCUT2D eigenvalue weighted by atomic mass is 10.1. The molecule has 126 valence electrons. The molecule has 0 spiro atoms. The van der Waals surface area contributed by atoms with Crippen LogP contribution < -0.4 is 15.8 Å². The largest absolute Gasteiger partial charge is 0.493 e. The zero-order chi connectivity index (χ0) is 17.6. The molecule has 0 saturated heterocycles. The number of rotatable bonds is 4. The summed E-state index contributed by atoms with van der Waals surface area (Å²) in [4.78, 5) is 21.1. The maximum Gasteiger partial charge on any atom is 0.258 e. The zero-order valence-electron chi connectivity index (χ0n) is 13.8. The van der Waals surface area contributed by atoms with Crippen molar-refractivity contribution in [3.63, 3.8) is 0 Å². The molecule has 0 unspecified atom stereocenters. The van der Waals surface area contributed by atoms with Crippen LogP contribution in [0, 0.1) is 0 Å². The number of nitrogens with zero attached hydrogens (tertiary/aromatic N) is 2. The van der Waals surface area contributed by atoms with E-state index in [4.69, 9.17) is 10.5 Å². The van der Waals surface area contributed by atoms with Gasteiger partial charge in [0.05, 0.1) is 28.8 Å². The summed E-state index contributed by atoms with van der Waals surface area (Å²) in [5.74, 6) is 0.267. The molecule has 0 fully saturated rings. The molecule has 6 nitrogen and oxygen atoms in total. The molecule has 3 N–H and O–H groups in total. The lowest BCUT2D eigenvalue weighted by Crippen LogP contribution is -2.36. The van der Waals surface area contributed by atoms with Gasteiger partial charge in [-0.15, -0.1) is 0 Å². The third-order valence-corrected chi connectivity index (χ3v) is 3.52. The number of carbonyl (C=O) groups excluding carboxylic acids is 1. The molecular weight excluding hydrogens is 316 g/mol. The second-order valence-corrected chi connectivity index (χ2v) is 5.23. The maximum absolute atomic E-state index is 12.7. The molecule has 0 bridgehead atoms. The first-order valence-electron chi connectivity index (χ1n) is 7.90. The summed E-state index contributed by atoms with van der Waals surface area (Å²) >= 11 is 0. The number of nitrogens with two attached hydrogens (primary N) is 1. The predicted octanol–water partition coefficient (Wildman–Crippen LogP) is 3.01. The number of carbonyl (C=O) groups is 1. The number of pyridine rings is 1. The molecular formula is C19H18N4O2. The number of aromatic nitrogens is 1. The van der Waals surface area contributed by atoms with Crippen LogP contribution >= 0.6 is 0 Å². The Bertz CT molecular complexity index is 918. The minimum Gasteiger partial charge on any atom is -0.493 e. The Morgan fingerprint density at radius 2 is 1.96 bits per heavy atom. The van der Waals surface area contributed by atoms with Gasteiger partial charge in [0.1, 0.15) is 5.75 Å². The molecule has 0 aliphatic rings. The summed E-state index contributed by atoms with van der Waals surface area (Å²) < 4.78 is 5.63. The summed E-state index contributed by atoms with van der Waals surface area (Å²) in [5.41, 5.74) is 7.63. The monoisotopic (exact) mass is 334 g/mol. The number of ether oxygens (including phenoxy) is 1. The van der Waals surface area contributed by atoms with Gasteiger partial charge in [-0.3, -0.25) is 15.1 Å². The van der Waals surface area contributed by atoms with Gasteiger partial charge in [0, 0.05) is 6.20 Å². The third kappa shape index (κ3) is 3.74. The average molecular weight is 334 g/mol. The van der Waals surface area contributed by atoms with Crippen molar-refractivity contribution in [3.8, 4) is 5.75 Å². The van der Waals surface area contributed by atoms with Crippen molar-refractivity contribution in [3.05, 3.63) is 66.4 Å². The van der Waals surface area contributed by atoms with E-state index in [1.165, 1.54) is 0 Å². The summed E-state index contributed by atoms with van der Waals surface area (Å²) in [6.07, 6.45) is 1.58. The average Bonchev–Trinajstić information content (AvgIpc) is 2.62. The summed E-state index contributed by atoms with van der Waals surface area (Å²) in [6.45, 7) is 2.38. The van der Waals surface area contributed by atoms with Gasteiger partial charge in [-0.1, -0.05) is 24.3 Å². The van der Waals surface area contributed by atoms with Gasteiger partial charge in [-0.05, 0) is 37.3 Å². The summed E-state index contributed by atoms with van der Waals surface area (Å²) in [5, 5.41) is 3.26. The Labute approximate surface area is 145 Å². The quantitative estimate of drug-likeness (QED) is 0.567. The first kappa shape index (κ1) is 16.4. The smallest absolute Gasteiger partial charge is 0.258 e. The molecule has 1 heterocycles. The fraction of sp³-hybridized carbons (Fsp3) is 0.105. The van der Waals surface area contributed by atoms with Crippen molar-refractivity contribution in [2.45, 2.75) is 6.92 Å². The van der Waals surface area contributed by atoms with Crippen LogP contribution in [0.15, 0.2) is 65.8 Å². The highest BCUT2D eigenvalue weighted by molar-refractivity contribution is 6.13. The molecule has 1 amide bonds. The number of hydrogen-bond acceptors (Lipinski definition) is 4. The molecule has 0 saturated carbocycles. The van der Waals surface area contributed by atoms with Gasteiger partial charge in [0.15, 0.2) is 0 Å². The number of fused-ring (bicyclic) bond motifs is 1. The number of benzene rings is 2. The Balaban J connectivity index is 1.93. The van der Waals surface area contributed by atoms with E-state index in [-0.39, 0.29) is 11.9 Å². The number of guanidine groups is 1. The van der Waals surface area contributed by atoms with Gasteiger partial charge in [0.25, 0.3) is 5.91 Å². The Kier molecular flexibility index (Phi) is 4.89. The van der Waals surface area contributed by atoms with E-state index in [2.05, 4.69) is 15.3 Å². The Morgan fingerprint density at radius 1 is 1.16 bits per heavy atom. The van der Waals surface area contributed by atoms with Gasteiger partial charge < -0.3 is 10.5 Å². The predicted molar refractivity (Wildman–Crippen MR) is 98.1 cm³/mol. The standard InChI is InChI=1S/C19H18N4O2/c1-2-25-16-10-6-9-15-17(16)14(11-12-21-15)18(24)23-19(20)22-13-7-4-3-5-8-13/h3-12H,2H2,1H3,(H3,20,22,23,24). The SMILES string of the molecule is CCOc1cccc2nccc(C(=O)NC(N)=Nc3ccccc3)c12. The van der Waals surface area contributed by atoms with Crippen molar-refractivity contribution < 1.29 is 9.53 Å². The van der Waals surface area contributed by atoms with E-state index in [0.29, 0.717) is 34.5 Å². The second kappa shape index (κ2) is 7.44. The molecule has 0 radical (unpaired) electrons. The van der Waals surface area contributed by atoms with E-state index in [1.807, 2.05) is 43.3 Å².